The standard InChI is InChI=1S/C27H29N3O3/c1-33-25-10-4-9-23(18-25)29-27(32)26(31)28-16-5-6-20-11-13-24(14-12-20)30-17-15-21-7-2-3-8-22(21)19-30/h2-4,7-14,18H,5-6,15-17,19H2,1H3,(H,28,31)(H,29,32). The van der Waals surface area contributed by atoms with Gasteiger partial charge in [0.25, 0.3) is 0 Å². The first-order chi connectivity index (χ1) is 16.1. The first-order valence-electron chi connectivity index (χ1n) is 11.3. The van der Waals surface area contributed by atoms with Gasteiger partial charge in [-0.3, -0.25) is 9.59 Å². The Bertz CT molecular complexity index is 1110. The molecule has 170 valence electrons. The van der Waals surface area contributed by atoms with Crippen LogP contribution in [-0.4, -0.2) is 32.0 Å². The summed E-state index contributed by atoms with van der Waals surface area (Å²) in [5.41, 5.74) is 5.82. The van der Waals surface area contributed by atoms with Crippen molar-refractivity contribution in [3.63, 3.8) is 0 Å². The van der Waals surface area contributed by atoms with Crippen LogP contribution in [0.3, 0.4) is 0 Å². The third-order valence-corrected chi connectivity index (χ3v) is 5.89. The van der Waals surface area contributed by atoms with Crippen molar-refractivity contribution in [2.24, 2.45) is 0 Å². The molecule has 1 aliphatic heterocycles. The molecule has 0 saturated carbocycles. The Morgan fingerprint density at radius 1 is 0.939 bits per heavy atom. The van der Waals surface area contributed by atoms with Crippen molar-refractivity contribution in [3.8, 4) is 5.75 Å². The van der Waals surface area contributed by atoms with E-state index in [1.807, 2.05) is 0 Å². The first-order valence-corrected chi connectivity index (χ1v) is 11.3. The number of rotatable bonds is 7. The number of aryl methyl sites for hydroxylation is 1. The average Bonchev–Trinajstić information content (AvgIpc) is 2.86. The van der Waals surface area contributed by atoms with E-state index in [9.17, 15) is 9.59 Å². The summed E-state index contributed by atoms with van der Waals surface area (Å²) in [5.74, 6) is -0.710. The van der Waals surface area contributed by atoms with Crippen LogP contribution in [0.15, 0.2) is 72.8 Å². The van der Waals surface area contributed by atoms with E-state index in [1.165, 1.54) is 22.4 Å². The van der Waals surface area contributed by atoms with Gasteiger partial charge in [0.2, 0.25) is 0 Å². The number of ether oxygens (including phenoxy) is 1. The average molecular weight is 444 g/mol. The lowest BCUT2D eigenvalue weighted by Crippen LogP contribution is -2.36. The number of amides is 2. The molecule has 33 heavy (non-hydrogen) atoms. The number of benzene rings is 3. The van der Waals surface area contributed by atoms with Crippen molar-refractivity contribution in [3.05, 3.63) is 89.5 Å². The molecule has 4 rings (SSSR count). The van der Waals surface area contributed by atoms with Gasteiger partial charge >= 0.3 is 11.8 Å². The topological polar surface area (TPSA) is 70.7 Å². The minimum atomic E-state index is -0.685. The fraction of sp³-hybridized carbons (Fsp3) is 0.259. The molecular formula is C27H29N3O3. The minimum absolute atomic E-state index is 0.440. The molecule has 0 fully saturated rings. The van der Waals surface area contributed by atoms with Crippen molar-refractivity contribution in [2.45, 2.75) is 25.8 Å². The van der Waals surface area contributed by atoms with Gasteiger partial charge in [0, 0.05) is 37.1 Å². The maximum absolute atomic E-state index is 12.1. The Balaban J connectivity index is 1.20. The van der Waals surface area contributed by atoms with Gasteiger partial charge in [0.05, 0.1) is 7.11 Å². The molecule has 0 saturated heterocycles. The summed E-state index contributed by atoms with van der Waals surface area (Å²) in [6, 6.07) is 24.2. The van der Waals surface area contributed by atoms with E-state index < -0.39 is 11.8 Å². The van der Waals surface area contributed by atoms with Crippen molar-refractivity contribution >= 4 is 23.2 Å². The quantitative estimate of drug-likeness (QED) is 0.429. The summed E-state index contributed by atoms with van der Waals surface area (Å²) in [6.45, 7) is 2.41. The molecule has 0 spiro atoms. The predicted molar refractivity (Wildman–Crippen MR) is 131 cm³/mol. The van der Waals surface area contributed by atoms with Crippen molar-refractivity contribution in [1.82, 2.24) is 5.32 Å². The fourth-order valence-electron chi connectivity index (χ4n) is 4.05. The van der Waals surface area contributed by atoms with Crippen molar-refractivity contribution in [1.29, 1.82) is 0 Å². The van der Waals surface area contributed by atoms with E-state index in [-0.39, 0.29) is 0 Å². The smallest absolute Gasteiger partial charge is 0.313 e. The van der Waals surface area contributed by atoms with Gasteiger partial charge in [-0.05, 0) is 60.2 Å². The second kappa shape index (κ2) is 10.7. The van der Waals surface area contributed by atoms with Crippen LogP contribution in [0.4, 0.5) is 11.4 Å². The molecule has 0 atom stereocenters. The summed E-state index contributed by atoms with van der Waals surface area (Å²) in [6.07, 6.45) is 2.67. The normalized spacial score (nSPS) is 12.6. The lowest BCUT2D eigenvalue weighted by atomic mass is 9.99. The Hall–Kier alpha value is -3.80. The van der Waals surface area contributed by atoms with Crippen LogP contribution in [0, 0.1) is 0 Å². The van der Waals surface area contributed by atoms with E-state index in [4.69, 9.17) is 4.74 Å². The number of anilines is 2. The van der Waals surface area contributed by atoms with E-state index in [0.29, 0.717) is 18.0 Å². The highest BCUT2D eigenvalue weighted by Crippen LogP contribution is 2.24. The fourth-order valence-corrected chi connectivity index (χ4v) is 4.05. The molecular weight excluding hydrogens is 414 g/mol. The van der Waals surface area contributed by atoms with Gasteiger partial charge in [0.15, 0.2) is 0 Å². The van der Waals surface area contributed by atoms with Gasteiger partial charge in [-0.15, -0.1) is 0 Å². The molecule has 0 bridgehead atoms. The third kappa shape index (κ3) is 5.92. The van der Waals surface area contributed by atoms with Crippen LogP contribution in [0.5, 0.6) is 5.75 Å². The molecule has 0 unspecified atom stereocenters. The second-order valence-corrected chi connectivity index (χ2v) is 8.15. The lowest BCUT2D eigenvalue weighted by Gasteiger charge is -2.30. The van der Waals surface area contributed by atoms with Gasteiger partial charge in [-0.2, -0.15) is 0 Å². The number of methoxy groups -OCH3 is 1. The summed E-state index contributed by atoms with van der Waals surface area (Å²) in [4.78, 5) is 26.5. The van der Waals surface area contributed by atoms with Crippen molar-refractivity contribution < 1.29 is 14.3 Å². The van der Waals surface area contributed by atoms with Crippen LogP contribution in [-0.2, 0) is 29.0 Å². The summed E-state index contributed by atoms with van der Waals surface area (Å²) >= 11 is 0. The Morgan fingerprint density at radius 2 is 1.73 bits per heavy atom. The maximum atomic E-state index is 12.1. The number of nitrogens with one attached hydrogen (secondary N) is 2. The van der Waals surface area contributed by atoms with Crippen LogP contribution >= 0.6 is 0 Å². The number of nitrogens with zero attached hydrogens (tertiary/aromatic N) is 1. The number of fused-ring (bicyclic) bond motifs is 1. The van der Waals surface area contributed by atoms with Gasteiger partial charge in [-0.25, -0.2) is 0 Å². The van der Waals surface area contributed by atoms with E-state index in [1.54, 1.807) is 31.4 Å². The molecule has 3 aromatic carbocycles. The Labute approximate surface area is 194 Å². The zero-order chi connectivity index (χ0) is 23.0. The van der Waals surface area contributed by atoms with E-state index in [2.05, 4.69) is 64.1 Å². The maximum Gasteiger partial charge on any atom is 0.313 e. The molecule has 0 radical (unpaired) electrons. The first kappa shape index (κ1) is 22.4. The van der Waals surface area contributed by atoms with Crippen LogP contribution < -0.4 is 20.3 Å². The summed E-state index contributed by atoms with van der Waals surface area (Å²) in [7, 11) is 1.55. The molecule has 6 heteroatoms. The molecule has 1 aliphatic rings. The lowest BCUT2D eigenvalue weighted by molar-refractivity contribution is -0.136. The molecule has 1 heterocycles. The number of carbonyl (C=O) groups is 2. The van der Waals surface area contributed by atoms with Gasteiger partial charge < -0.3 is 20.3 Å². The van der Waals surface area contributed by atoms with Gasteiger partial charge in [0.1, 0.15) is 5.75 Å². The Morgan fingerprint density at radius 3 is 2.52 bits per heavy atom. The zero-order valence-electron chi connectivity index (χ0n) is 18.8. The van der Waals surface area contributed by atoms with E-state index >= 15 is 0 Å². The predicted octanol–water partition coefficient (Wildman–Crippen LogP) is 3.95. The number of hydrogen-bond acceptors (Lipinski definition) is 4. The van der Waals surface area contributed by atoms with Gasteiger partial charge in [-0.1, -0.05) is 42.5 Å². The monoisotopic (exact) mass is 443 g/mol. The molecule has 0 aromatic heterocycles. The van der Waals surface area contributed by atoms with Crippen LogP contribution in [0.1, 0.15) is 23.1 Å². The number of carbonyl (C=O) groups excluding carboxylic acids is 2. The third-order valence-electron chi connectivity index (χ3n) is 5.89. The van der Waals surface area contributed by atoms with Crippen LogP contribution in [0.25, 0.3) is 0 Å². The molecule has 6 nitrogen and oxygen atoms in total. The van der Waals surface area contributed by atoms with Crippen LogP contribution in [0.2, 0.25) is 0 Å². The van der Waals surface area contributed by atoms with E-state index in [0.717, 1.165) is 32.4 Å². The Kier molecular flexibility index (Phi) is 7.25. The largest absolute Gasteiger partial charge is 0.497 e. The highest BCUT2D eigenvalue weighted by atomic mass is 16.5. The van der Waals surface area contributed by atoms with Crippen molar-refractivity contribution in [2.75, 3.05) is 30.4 Å². The second-order valence-electron chi connectivity index (χ2n) is 8.15. The SMILES string of the molecule is COc1cccc(NC(=O)C(=O)NCCCc2ccc(N3CCc4ccccc4C3)cc2)c1. The summed E-state index contributed by atoms with van der Waals surface area (Å²) < 4.78 is 5.12. The minimum Gasteiger partial charge on any atom is -0.497 e. The highest BCUT2D eigenvalue weighted by Gasteiger charge is 2.16. The molecule has 2 amide bonds. The molecule has 3 aromatic rings. The number of hydrogen-bond donors (Lipinski definition) is 2. The molecule has 2 N–H and O–H groups in total. The molecule has 0 aliphatic carbocycles. The highest BCUT2D eigenvalue weighted by molar-refractivity contribution is 6.39. The summed E-state index contributed by atoms with van der Waals surface area (Å²) in [5, 5.41) is 5.27. The zero-order valence-corrected chi connectivity index (χ0v) is 18.8.